The van der Waals surface area contributed by atoms with Crippen LogP contribution in [0, 0.1) is 13.8 Å². The lowest BCUT2D eigenvalue weighted by Crippen LogP contribution is -2.36. The van der Waals surface area contributed by atoms with Gasteiger partial charge in [-0.05, 0) is 37.3 Å². The quantitative estimate of drug-likeness (QED) is 0.625. The molecule has 1 aliphatic heterocycles. The van der Waals surface area contributed by atoms with E-state index in [1.165, 1.54) is 11.1 Å². The second-order valence-electron chi connectivity index (χ2n) is 7.80. The molecule has 6 heteroatoms. The van der Waals surface area contributed by atoms with E-state index in [-0.39, 0.29) is 5.91 Å². The maximum Gasteiger partial charge on any atom is 0.227 e. The van der Waals surface area contributed by atoms with Crippen LogP contribution in [0.25, 0.3) is 0 Å². The van der Waals surface area contributed by atoms with Gasteiger partial charge >= 0.3 is 0 Å². The predicted molar refractivity (Wildman–Crippen MR) is 122 cm³/mol. The average Bonchev–Trinajstić information content (AvgIpc) is 3.12. The molecule has 1 aliphatic rings. The first-order valence-corrected chi connectivity index (χ1v) is 11.4. The standard InChI is InChI=1S/C24H28N4OS/c1-18-22(16-20-8-4-3-5-9-20)24(26-19(2)25-18)28-12-7-11-27(13-14-28)23(29)17-21-10-6-15-30-21/h3-6,8-10,15H,7,11-14,16-17H2,1-2H3. The van der Waals surface area contributed by atoms with E-state index in [2.05, 4.69) is 41.1 Å². The van der Waals surface area contributed by atoms with Crippen LogP contribution in [0.1, 0.15) is 33.9 Å². The van der Waals surface area contributed by atoms with E-state index in [1.807, 2.05) is 35.4 Å². The Morgan fingerprint density at radius 2 is 1.83 bits per heavy atom. The number of hydrogen-bond donors (Lipinski definition) is 0. The lowest BCUT2D eigenvalue weighted by atomic mass is 10.0. The molecule has 0 radical (unpaired) electrons. The van der Waals surface area contributed by atoms with Crippen LogP contribution in [0.15, 0.2) is 47.8 Å². The molecular formula is C24H28N4OS. The molecule has 4 rings (SSSR count). The summed E-state index contributed by atoms with van der Waals surface area (Å²) in [5, 5.41) is 2.03. The Morgan fingerprint density at radius 1 is 1.00 bits per heavy atom. The fourth-order valence-corrected chi connectivity index (χ4v) is 4.73. The molecule has 5 nitrogen and oxygen atoms in total. The third-order valence-electron chi connectivity index (χ3n) is 5.58. The van der Waals surface area contributed by atoms with Crippen molar-refractivity contribution in [2.75, 3.05) is 31.1 Å². The Balaban J connectivity index is 1.51. The largest absolute Gasteiger partial charge is 0.354 e. The zero-order chi connectivity index (χ0) is 20.9. The highest BCUT2D eigenvalue weighted by atomic mass is 32.1. The molecule has 1 aromatic carbocycles. The van der Waals surface area contributed by atoms with Crippen LogP contribution in [0.2, 0.25) is 0 Å². The second-order valence-corrected chi connectivity index (χ2v) is 8.83. The third kappa shape index (κ3) is 4.87. The summed E-state index contributed by atoms with van der Waals surface area (Å²) >= 11 is 1.65. The van der Waals surface area contributed by atoms with Gasteiger partial charge in [-0.2, -0.15) is 0 Å². The average molecular weight is 421 g/mol. The molecule has 1 fully saturated rings. The normalized spacial score (nSPS) is 14.6. The lowest BCUT2D eigenvalue weighted by molar-refractivity contribution is -0.130. The van der Waals surface area contributed by atoms with Gasteiger partial charge in [0.1, 0.15) is 11.6 Å². The molecule has 3 heterocycles. The molecule has 0 atom stereocenters. The number of aromatic nitrogens is 2. The number of rotatable bonds is 5. The highest BCUT2D eigenvalue weighted by molar-refractivity contribution is 7.10. The SMILES string of the molecule is Cc1nc(C)c(Cc2ccccc2)c(N2CCCN(C(=O)Cc3cccs3)CC2)n1. The zero-order valence-corrected chi connectivity index (χ0v) is 18.5. The number of anilines is 1. The van der Waals surface area contributed by atoms with Crippen molar-refractivity contribution in [2.24, 2.45) is 0 Å². The van der Waals surface area contributed by atoms with Crippen molar-refractivity contribution in [3.8, 4) is 0 Å². The molecule has 1 saturated heterocycles. The molecule has 30 heavy (non-hydrogen) atoms. The van der Waals surface area contributed by atoms with E-state index in [0.29, 0.717) is 6.42 Å². The molecule has 0 spiro atoms. The number of amides is 1. The highest BCUT2D eigenvalue weighted by Gasteiger charge is 2.23. The van der Waals surface area contributed by atoms with Gasteiger partial charge in [0.15, 0.2) is 0 Å². The van der Waals surface area contributed by atoms with Crippen molar-refractivity contribution in [1.29, 1.82) is 0 Å². The van der Waals surface area contributed by atoms with Gasteiger partial charge in [-0.1, -0.05) is 36.4 Å². The molecule has 0 aliphatic carbocycles. The van der Waals surface area contributed by atoms with Crippen molar-refractivity contribution >= 4 is 23.1 Å². The fourth-order valence-electron chi connectivity index (χ4n) is 4.04. The first-order valence-electron chi connectivity index (χ1n) is 10.5. The van der Waals surface area contributed by atoms with Gasteiger partial charge in [-0.15, -0.1) is 11.3 Å². The van der Waals surface area contributed by atoms with Crippen molar-refractivity contribution in [3.63, 3.8) is 0 Å². The predicted octanol–water partition coefficient (Wildman–Crippen LogP) is 4.03. The number of nitrogens with zero attached hydrogens (tertiary/aromatic N) is 4. The zero-order valence-electron chi connectivity index (χ0n) is 17.7. The number of hydrogen-bond acceptors (Lipinski definition) is 5. The number of carbonyl (C=O) groups excluding carboxylic acids is 1. The minimum Gasteiger partial charge on any atom is -0.354 e. The van der Waals surface area contributed by atoms with E-state index in [0.717, 1.165) is 61.2 Å². The number of benzene rings is 1. The summed E-state index contributed by atoms with van der Waals surface area (Å²) < 4.78 is 0. The van der Waals surface area contributed by atoms with Crippen LogP contribution < -0.4 is 4.90 Å². The molecule has 0 saturated carbocycles. The molecule has 3 aromatic rings. The summed E-state index contributed by atoms with van der Waals surface area (Å²) in [7, 11) is 0. The molecule has 156 valence electrons. The Labute approximate surface area is 182 Å². The summed E-state index contributed by atoms with van der Waals surface area (Å²) in [6.45, 7) is 7.27. The summed E-state index contributed by atoms with van der Waals surface area (Å²) in [6.07, 6.45) is 2.27. The Hall–Kier alpha value is -2.73. The number of thiophene rings is 1. The van der Waals surface area contributed by atoms with Crippen molar-refractivity contribution < 1.29 is 4.79 Å². The van der Waals surface area contributed by atoms with Crippen LogP contribution in [-0.4, -0.2) is 47.0 Å². The summed E-state index contributed by atoms with van der Waals surface area (Å²) in [5.74, 6) is 2.05. The number of carbonyl (C=O) groups is 1. The fraction of sp³-hybridized carbons (Fsp3) is 0.375. The summed E-state index contributed by atoms with van der Waals surface area (Å²) in [5.41, 5.74) is 3.48. The van der Waals surface area contributed by atoms with Crippen molar-refractivity contribution in [1.82, 2.24) is 14.9 Å². The van der Waals surface area contributed by atoms with Gasteiger partial charge in [0, 0.05) is 48.7 Å². The van der Waals surface area contributed by atoms with Crippen LogP contribution in [0.3, 0.4) is 0 Å². The van der Waals surface area contributed by atoms with Crippen molar-refractivity contribution in [3.05, 3.63) is 75.4 Å². The number of aryl methyl sites for hydroxylation is 2. The minimum absolute atomic E-state index is 0.221. The molecule has 0 bridgehead atoms. The van der Waals surface area contributed by atoms with Crippen LogP contribution in [0.4, 0.5) is 5.82 Å². The minimum atomic E-state index is 0.221. The van der Waals surface area contributed by atoms with Gasteiger partial charge in [0.25, 0.3) is 0 Å². The summed E-state index contributed by atoms with van der Waals surface area (Å²) in [4.78, 5) is 27.7. The van der Waals surface area contributed by atoms with E-state index in [9.17, 15) is 4.79 Å². The van der Waals surface area contributed by atoms with Crippen LogP contribution in [-0.2, 0) is 17.6 Å². The van der Waals surface area contributed by atoms with Crippen molar-refractivity contribution in [2.45, 2.75) is 33.1 Å². The summed E-state index contributed by atoms with van der Waals surface area (Å²) in [6, 6.07) is 14.5. The van der Waals surface area contributed by atoms with E-state index in [4.69, 9.17) is 4.98 Å². The lowest BCUT2D eigenvalue weighted by Gasteiger charge is -2.26. The van der Waals surface area contributed by atoms with E-state index < -0.39 is 0 Å². The Bertz CT molecular complexity index is 988. The first kappa shape index (κ1) is 20.5. The van der Waals surface area contributed by atoms with Gasteiger partial charge < -0.3 is 9.80 Å². The monoisotopic (exact) mass is 420 g/mol. The molecule has 0 unspecified atom stereocenters. The van der Waals surface area contributed by atoms with Gasteiger partial charge in [0.05, 0.1) is 6.42 Å². The maximum absolute atomic E-state index is 12.8. The van der Waals surface area contributed by atoms with Gasteiger partial charge in [-0.3, -0.25) is 4.79 Å². The third-order valence-corrected chi connectivity index (χ3v) is 6.46. The molecule has 2 aromatic heterocycles. The van der Waals surface area contributed by atoms with Gasteiger partial charge in [0.2, 0.25) is 5.91 Å². The van der Waals surface area contributed by atoms with Gasteiger partial charge in [-0.25, -0.2) is 9.97 Å². The van der Waals surface area contributed by atoms with E-state index >= 15 is 0 Å². The maximum atomic E-state index is 12.8. The topological polar surface area (TPSA) is 49.3 Å². The smallest absolute Gasteiger partial charge is 0.227 e. The van der Waals surface area contributed by atoms with Crippen LogP contribution in [0.5, 0.6) is 0 Å². The van der Waals surface area contributed by atoms with E-state index in [1.54, 1.807) is 11.3 Å². The second kappa shape index (κ2) is 9.39. The Morgan fingerprint density at radius 3 is 2.60 bits per heavy atom. The van der Waals surface area contributed by atoms with Crippen LogP contribution >= 0.6 is 11.3 Å². The first-order chi connectivity index (χ1) is 14.6. The molecule has 0 N–H and O–H groups in total. The molecular weight excluding hydrogens is 392 g/mol. The molecule has 1 amide bonds. The highest BCUT2D eigenvalue weighted by Crippen LogP contribution is 2.25. The Kier molecular flexibility index (Phi) is 6.43.